The highest BCUT2D eigenvalue weighted by Crippen LogP contribution is 2.35. The zero-order valence-electron chi connectivity index (χ0n) is 21.0. The van der Waals surface area contributed by atoms with Gasteiger partial charge in [-0.25, -0.2) is 8.42 Å². The first-order valence-electron chi connectivity index (χ1n) is 12.3. The molecule has 200 valence electrons. The fraction of sp³-hybridized carbons (Fsp3) is 0.462. The van der Waals surface area contributed by atoms with Crippen LogP contribution in [0.3, 0.4) is 0 Å². The van der Waals surface area contributed by atoms with Crippen LogP contribution in [0, 0.1) is 0 Å². The SMILES string of the molecule is C[C@@H](C(=O)NC1CCCC1)N(Cc1ccccc1Cl)C(=O)CN(c1ccc2c(c1)OCCO2)S(C)(=O)=O. The number of halogens is 1. The minimum absolute atomic E-state index is 0.0521. The van der Waals surface area contributed by atoms with Crippen LogP contribution in [0.15, 0.2) is 42.5 Å². The second-order valence-electron chi connectivity index (χ2n) is 9.38. The molecule has 1 aliphatic heterocycles. The molecule has 2 amide bonds. The molecule has 4 rings (SSSR count). The van der Waals surface area contributed by atoms with Gasteiger partial charge in [0.15, 0.2) is 11.5 Å². The Labute approximate surface area is 222 Å². The van der Waals surface area contributed by atoms with E-state index >= 15 is 0 Å². The number of sulfonamides is 1. The second-order valence-corrected chi connectivity index (χ2v) is 11.7. The molecule has 9 nitrogen and oxygen atoms in total. The molecule has 1 N–H and O–H groups in total. The number of nitrogens with one attached hydrogen (secondary N) is 1. The smallest absolute Gasteiger partial charge is 0.244 e. The Morgan fingerprint density at radius 2 is 1.76 bits per heavy atom. The van der Waals surface area contributed by atoms with E-state index in [0.717, 1.165) is 36.2 Å². The number of rotatable bonds is 9. The van der Waals surface area contributed by atoms with Crippen LogP contribution in [-0.4, -0.2) is 63.2 Å². The number of anilines is 1. The maximum atomic E-state index is 13.7. The molecular formula is C26H32ClN3O6S. The average Bonchev–Trinajstić information content (AvgIpc) is 3.38. The Kier molecular flexibility index (Phi) is 8.49. The van der Waals surface area contributed by atoms with E-state index in [1.54, 1.807) is 43.3 Å². The van der Waals surface area contributed by atoms with E-state index in [-0.39, 0.29) is 24.2 Å². The van der Waals surface area contributed by atoms with E-state index in [1.807, 2.05) is 0 Å². The van der Waals surface area contributed by atoms with Crippen LogP contribution in [0.2, 0.25) is 5.02 Å². The summed E-state index contributed by atoms with van der Waals surface area (Å²) < 4.78 is 37.7. The van der Waals surface area contributed by atoms with Crippen LogP contribution in [0.5, 0.6) is 11.5 Å². The second kappa shape index (κ2) is 11.6. The van der Waals surface area contributed by atoms with Gasteiger partial charge in [0.25, 0.3) is 0 Å². The Balaban J connectivity index is 1.61. The van der Waals surface area contributed by atoms with Crippen molar-refractivity contribution in [3.05, 3.63) is 53.1 Å². The first kappa shape index (κ1) is 27.1. The summed E-state index contributed by atoms with van der Waals surface area (Å²) in [6, 6.07) is 11.0. The topological polar surface area (TPSA) is 105 Å². The lowest BCUT2D eigenvalue weighted by Gasteiger charge is -2.32. The molecule has 0 spiro atoms. The highest BCUT2D eigenvalue weighted by molar-refractivity contribution is 7.92. The van der Waals surface area contributed by atoms with Gasteiger partial charge in [0.2, 0.25) is 21.8 Å². The van der Waals surface area contributed by atoms with Crippen LogP contribution in [0.1, 0.15) is 38.2 Å². The Morgan fingerprint density at radius 1 is 1.08 bits per heavy atom. The van der Waals surface area contributed by atoms with Crippen LogP contribution in [-0.2, 0) is 26.2 Å². The predicted molar refractivity (Wildman–Crippen MR) is 141 cm³/mol. The van der Waals surface area contributed by atoms with Crippen molar-refractivity contribution in [2.24, 2.45) is 0 Å². The molecule has 0 unspecified atom stereocenters. The molecule has 2 aromatic rings. The highest BCUT2D eigenvalue weighted by Gasteiger charge is 2.32. The molecule has 0 aromatic heterocycles. The van der Waals surface area contributed by atoms with Crippen molar-refractivity contribution in [2.45, 2.75) is 51.2 Å². The van der Waals surface area contributed by atoms with Crippen LogP contribution in [0.4, 0.5) is 5.69 Å². The number of nitrogens with zero attached hydrogens (tertiary/aromatic N) is 2. The zero-order chi connectivity index (χ0) is 26.6. The van der Waals surface area contributed by atoms with E-state index in [4.69, 9.17) is 21.1 Å². The van der Waals surface area contributed by atoms with Gasteiger partial charge in [0, 0.05) is 23.7 Å². The van der Waals surface area contributed by atoms with Gasteiger partial charge >= 0.3 is 0 Å². The van der Waals surface area contributed by atoms with Gasteiger partial charge in [0.1, 0.15) is 25.8 Å². The number of hydrogen-bond acceptors (Lipinski definition) is 6. The maximum absolute atomic E-state index is 13.7. The average molecular weight is 550 g/mol. The lowest BCUT2D eigenvalue weighted by molar-refractivity contribution is -0.139. The number of amides is 2. The van der Waals surface area contributed by atoms with Crippen molar-refractivity contribution in [3.8, 4) is 11.5 Å². The fourth-order valence-corrected chi connectivity index (χ4v) is 5.62. The van der Waals surface area contributed by atoms with Crippen LogP contribution < -0.4 is 19.1 Å². The maximum Gasteiger partial charge on any atom is 0.244 e. The van der Waals surface area contributed by atoms with E-state index in [9.17, 15) is 18.0 Å². The number of carbonyl (C=O) groups is 2. The first-order chi connectivity index (χ1) is 17.6. The molecule has 11 heteroatoms. The standard InChI is InChI=1S/C26H32ClN3O6S/c1-18(26(32)28-20-8-4-5-9-20)29(16-19-7-3-6-10-22(19)27)25(31)17-30(37(2,33)34)21-11-12-23-24(15-21)36-14-13-35-23/h3,6-7,10-12,15,18,20H,4-5,8-9,13-14,16-17H2,1-2H3,(H,28,32)/t18-/m0/s1. The van der Waals surface area contributed by atoms with Gasteiger partial charge in [-0.2, -0.15) is 0 Å². The van der Waals surface area contributed by atoms with Crippen molar-refractivity contribution in [3.63, 3.8) is 0 Å². The van der Waals surface area contributed by atoms with Crippen LogP contribution >= 0.6 is 11.6 Å². The minimum atomic E-state index is -3.86. The highest BCUT2D eigenvalue weighted by atomic mass is 35.5. The van der Waals surface area contributed by atoms with Crippen LogP contribution in [0.25, 0.3) is 0 Å². The summed E-state index contributed by atoms with van der Waals surface area (Å²) in [4.78, 5) is 28.2. The Bertz CT molecular complexity index is 1250. The summed E-state index contributed by atoms with van der Waals surface area (Å²) in [5.41, 5.74) is 0.920. The lowest BCUT2D eigenvalue weighted by Crippen LogP contribution is -2.52. The molecular weight excluding hydrogens is 518 g/mol. The molecule has 2 aliphatic rings. The number of ether oxygens (including phenoxy) is 2. The number of fused-ring (bicyclic) bond motifs is 1. The van der Waals surface area contributed by atoms with Crippen molar-refractivity contribution >= 4 is 39.1 Å². The van der Waals surface area contributed by atoms with E-state index in [1.165, 1.54) is 11.0 Å². The van der Waals surface area contributed by atoms with E-state index in [0.29, 0.717) is 35.3 Å². The molecule has 1 aliphatic carbocycles. The van der Waals surface area contributed by atoms with Gasteiger partial charge < -0.3 is 19.7 Å². The summed E-state index contributed by atoms with van der Waals surface area (Å²) in [5, 5.41) is 3.49. The first-order valence-corrected chi connectivity index (χ1v) is 14.6. The third-order valence-corrected chi connectivity index (χ3v) is 8.17. The van der Waals surface area contributed by atoms with Crippen molar-refractivity contribution in [1.82, 2.24) is 10.2 Å². The van der Waals surface area contributed by atoms with Crippen molar-refractivity contribution < 1.29 is 27.5 Å². The lowest BCUT2D eigenvalue weighted by atomic mass is 10.1. The van der Waals surface area contributed by atoms with Crippen molar-refractivity contribution in [1.29, 1.82) is 0 Å². The summed E-state index contributed by atoms with van der Waals surface area (Å²) in [7, 11) is -3.86. The summed E-state index contributed by atoms with van der Waals surface area (Å²) in [5.74, 6) is 0.0984. The van der Waals surface area contributed by atoms with Gasteiger partial charge in [-0.1, -0.05) is 42.6 Å². The number of carbonyl (C=O) groups excluding carboxylic acids is 2. The molecule has 37 heavy (non-hydrogen) atoms. The van der Waals surface area contributed by atoms with Gasteiger partial charge in [0.05, 0.1) is 11.9 Å². The molecule has 1 atom stereocenters. The normalized spacial score (nSPS) is 16.2. The van der Waals surface area contributed by atoms with Gasteiger partial charge in [-0.05, 0) is 43.5 Å². The number of benzene rings is 2. The number of hydrogen-bond donors (Lipinski definition) is 1. The fourth-order valence-electron chi connectivity index (χ4n) is 4.59. The molecule has 0 radical (unpaired) electrons. The minimum Gasteiger partial charge on any atom is -0.486 e. The largest absolute Gasteiger partial charge is 0.486 e. The summed E-state index contributed by atoms with van der Waals surface area (Å²) in [6.07, 6.45) is 4.96. The molecule has 0 bridgehead atoms. The zero-order valence-corrected chi connectivity index (χ0v) is 22.6. The van der Waals surface area contributed by atoms with E-state index < -0.39 is 28.5 Å². The van der Waals surface area contributed by atoms with E-state index in [2.05, 4.69) is 5.32 Å². The van der Waals surface area contributed by atoms with Gasteiger partial charge in [-0.3, -0.25) is 13.9 Å². The van der Waals surface area contributed by atoms with Crippen molar-refractivity contribution in [2.75, 3.05) is 30.3 Å². The Hall–Kier alpha value is -2.98. The predicted octanol–water partition coefficient (Wildman–Crippen LogP) is 3.35. The molecule has 0 saturated heterocycles. The summed E-state index contributed by atoms with van der Waals surface area (Å²) in [6.45, 7) is 1.94. The molecule has 2 aromatic carbocycles. The van der Waals surface area contributed by atoms with Gasteiger partial charge in [-0.15, -0.1) is 0 Å². The third kappa shape index (κ3) is 6.67. The molecule has 1 saturated carbocycles. The molecule has 1 fully saturated rings. The quantitative estimate of drug-likeness (QED) is 0.514. The summed E-state index contributed by atoms with van der Waals surface area (Å²) >= 11 is 6.37. The third-order valence-electron chi connectivity index (χ3n) is 6.66. The monoisotopic (exact) mass is 549 g/mol. The Morgan fingerprint density at radius 3 is 2.43 bits per heavy atom. The molecule has 1 heterocycles.